The number of ether oxygens (including phenoxy) is 1. The molecule has 0 fully saturated rings. The number of thiophene rings is 2. The van der Waals surface area contributed by atoms with E-state index in [1.165, 1.54) is 14.6 Å². The summed E-state index contributed by atoms with van der Waals surface area (Å²) in [4.78, 5) is 3.94. The lowest BCUT2D eigenvalue weighted by Gasteiger charge is -2.19. The third kappa shape index (κ3) is 5.45. The van der Waals surface area contributed by atoms with Crippen molar-refractivity contribution in [1.82, 2.24) is 5.32 Å². The lowest BCUT2D eigenvalue weighted by molar-refractivity contribution is 0.111. The first-order valence-corrected chi connectivity index (χ1v) is 8.15. The Labute approximate surface area is 123 Å². The molecule has 2 aromatic heterocycles. The van der Waals surface area contributed by atoms with E-state index in [0.29, 0.717) is 13.2 Å². The zero-order valence-corrected chi connectivity index (χ0v) is 13.4. The van der Waals surface area contributed by atoms with Crippen molar-refractivity contribution in [3.63, 3.8) is 0 Å². The molecule has 0 aliphatic heterocycles. The van der Waals surface area contributed by atoms with Crippen LogP contribution >= 0.6 is 22.7 Å². The van der Waals surface area contributed by atoms with Crippen molar-refractivity contribution in [2.75, 3.05) is 0 Å². The normalized spacial score (nSPS) is 11.9. The van der Waals surface area contributed by atoms with Crippen molar-refractivity contribution in [3.05, 3.63) is 44.3 Å². The van der Waals surface area contributed by atoms with E-state index in [1.54, 1.807) is 11.3 Å². The summed E-state index contributed by atoms with van der Waals surface area (Å²) in [5, 5.41) is 5.58. The molecule has 2 aromatic rings. The quantitative estimate of drug-likeness (QED) is 0.852. The molecule has 2 nitrogen and oxygen atoms in total. The largest absolute Gasteiger partial charge is 0.370 e. The van der Waals surface area contributed by atoms with Gasteiger partial charge in [-0.3, -0.25) is 0 Å². The van der Waals surface area contributed by atoms with Gasteiger partial charge in [0.15, 0.2) is 0 Å². The fourth-order valence-corrected chi connectivity index (χ4v) is 3.13. The second kappa shape index (κ2) is 6.66. The molecule has 0 unspecified atom stereocenters. The number of hydrogen-bond donors (Lipinski definition) is 1. The van der Waals surface area contributed by atoms with Crippen LogP contribution in [-0.4, -0.2) is 5.54 Å². The predicted molar refractivity (Wildman–Crippen MR) is 83.7 cm³/mol. The fraction of sp³-hybridized carbons (Fsp3) is 0.467. The van der Waals surface area contributed by atoms with Crippen LogP contribution in [0.1, 0.15) is 35.4 Å². The molecule has 0 atom stereocenters. The maximum Gasteiger partial charge on any atom is 0.0814 e. The predicted octanol–water partition coefficient (Wildman–Crippen LogP) is 4.41. The molecule has 0 saturated carbocycles. The van der Waals surface area contributed by atoms with Crippen LogP contribution in [0.2, 0.25) is 0 Å². The van der Waals surface area contributed by atoms with Gasteiger partial charge >= 0.3 is 0 Å². The topological polar surface area (TPSA) is 21.3 Å². The van der Waals surface area contributed by atoms with E-state index >= 15 is 0 Å². The van der Waals surface area contributed by atoms with Gasteiger partial charge in [0.05, 0.1) is 13.2 Å². The average molecular weight is 295 g/mol. The molecule has 19 heavy (non-hydrogen) atoms. The molecule has 0 bridgehead atoms. The Morgan fingerprint density at radius 3 is 2.47 bits per heavy atom. The van der Waals surface area contributed by atoms with E-state index in [0.717, 1.165) is 6.54 Å². The van der Waals surface area contributed by atoms with E-state index in [-0.39, 0.29) is 5.54 Å². The minimum absolute atomic E-state index is 0.166. The SMILES string of the molecule is CC(C)(C)NCc1ccc(COCc2cccs2)s1. The Hall–Kier alpha value is -0.680. The Morgan fingerprint density at radius 2 is 1.79 bits per heavy atom. The van der Waals surface area contributed by atoms with Crippen molar-refractivity contribution in [1.29, 1.82) is 0 Å². The van der Waals surface area contributed by atoms with Crippen LogP contribution < -0.4 is 5.32 Å². The van der Waals surface area contributed by atoms with Crippen LogP contribution in [0.15, 0.2) is 29.6 Å². The highest BCUT2D eigenvalue weighted by atomic mass is 32.1. The summed E-state index contributed by atoms with van der Waals surface area (Å²) in [6, 6.07) is 8.52. The zero-order valence-electron chi connectivity index (χ0n) is 11.7. The Bertz CT molecular complexity index is 482. The first kappa shape index (κ1) is 14.7. The number of nitrogens with one attached hydrogen (secondary N) is 1. The molecule has 0 amide bonds. The molecular weight excluding hydrogens is 274 g/mol. The summed E-state index contributed by atoms with van der Waals surface area (Å²) in [7, 11) is 0. The molecule has 0 spiro atoms. The molecule has 2 heterocycles. The monoisotopic (exact) mass is 295 g/mol. The smallest absolute Gasteiger partial charge is 0.0814 e. The standard InChI is InChI=1S/C15H21NOS2/c1-15(2,3)16-9-12-6-7-14(19-12)11-17-10-13-5-4-8-18-13/h4-8,16H,9-11H2,1-3H3. The van der Waals surface area contributed by atoms with Gasteiger partial charge in [-0.25, -0.2) is 0 Å². The van der Waals surface area contributed by atoms with Crippen LogP contribution in [-0.2, 0) is 24.5 Å². The van der Waals surface area contributed by atoms with Gasteiger partial charge in [-0.1, -0.05) is 6.07 Å². The summed E-state index contributed by atoms with van der Waals surface area (Å²) in [6.45, 7) is 8.91. The van der Waals surface area contributed by atoms with Crippen LogP contribution in [0.4, 0.5) is 0 Å². The fourth-order valence-electron chi connectivity index (χ4n) is 1.59. The Balaban J connectivity index is 1.74. The van der Waals surface area contributed by atoms with Gasteiger partial charge in [0.25, 0.3) is 0 Å². The van der Waals surface area contributed by atoms with Crippen LogP contribution in [0.3, 0.4) is 0 Å². The van der Waals surface area contributed by atoms with E-state index < -0.39 is 0 Å². The van der Waals surface area contributed by atoms with Gasteiger partial charge in [-0.2, -0.15) is 0 Å². The summed E-state index contributed by atoms with van der Waals surface area (Å²) < 4.78 is 5.72. The third-order valence-electron chi connectivity index (χ3n) is 2.58. The van der Waals surface area contributed by atoms with Crippen molar-refractivity contribution in [2.45, 2.75) is 46.1 Å². The third-order valence-corrected chi connectivity index (χ3v) is 4.49. The highest BCUT2D eigenvalue weighted by molar-refractivity contribution is 7.12. The second-order valence-corrected chi connectivity index (χ2v) is 7.83. The van der Waals surface area contributed by atoms with Crippen molar-refractivity contribution < 1.29 is 4.74 Å². The lowest BCUT2D eigenvalue weighted by Crippen LogP contribution is -2.34. The molecule has 0 aromatic carbocycles. The van der Waals surface area contributed by atoms with E-state index in [9.17, 15) is 0 Å². The van der Waals surface area contributed by atoms with E-state index in [2.05, 4.69) is 55.7 Å². The van der Waals surface area contributed by atoms with Gasteiger partial charge in [0.2, 0.25) is 0 Å². The molecule has 0 aliphatic carbocycles. The van der Waals surface area contributed by atoms with E-state index in [4.69, 9.17) is 4.74 Å². The minimum Gasteiger partial charge on any atom is -0.370 e. The van der Waals surface area contributed by atoms with Gasteiger partial charge in [0, 0.05) is 26.7 Å². The maximum absolute atomic E-state index is 5.72. The Kier molecular flexibility index (Phi) is 5.16. The van der Waals surface area contributed by atoms with Crippen molar-refractivity contribution in [3.8, 4) is 0 Å². The number of rotatable bonds is 6. The average Bonchev–Trinajstić information content (AvgIpc) is 2.97. The highest BCUT2D eigenvalue weighted by Gasteiger charge is 2.09. The van der Waals surface area contributed by atoms with Gasteiger partial charge in [-0.05, 0) is 44.4 Å². The second-order valence-electron chi connectivity index (χ2n) is 5.54. The molecule has 4 heteroatoms. The molecule has 2 rings (SSSR count). The summed E-state index contributed by atoms with van der Waals surface area (Å²) in [5.41, 5.74) is 0.166. The molecular formula is C15H21NOS2. The van der Waals surface area contributed by atoms with E-state index in [1.807, 2.05) is 11.3 Å². The summed E-state index contributed by atoms with van der Waals surface area (Å²) >= 11 is 3.57. The highest BCUT2D eigenvalue weighted by Crippen LogP contribution is 2.19. The lowest BCUT2D eigenvalue weighted by atomic mass is 10.1. The Morgan fingerprint density at radius 1 is 1.05 bits per heavy atom. The number of hydrogen-bond acceptors (Lipinski definition) is 4. The molecule has 0 radical (unpaired) electrons. The van der Waals surface area contributed by atoms with Crippen LogP contribution in [0.5, 0.6) is 0 Å². The molecule has 104 valence electrons. The van der Waals surface area contributed by atoms with Crippen LogP contribution in [0.25, 0.3) is 0 Å². The van der Waals surface area contributed by atoms with Gasteiger partial charge in [-0.15, -0.1) is 22.7 Å². The first-order chi connectivity index (χ1) is 9.03. The van der Waals surface area contributed by atoms with Gasteiger partial charge in [0.1, 0.15) is 0 Å². The molecule has 0 aliphatic rings. The maximum atomic E-state index is 5.72. The molecule has 0 saturated heterocycles. The van der Waals surface area contributed by atoms with Crippen LogP contribution in [0, 0.1) is 0 Å². The van der Waals surface area contributed by atoms with Crippen molar-refractivity contribution >= 4 is 22.7 Å². The zero-order chi connectivity index (χ0) is 13.7. The minimum atomic E-state index is 0.166. The summed E-state index contributed by atoms with van der Waals surface area (Å²) in [5.74, 6) is 0. The first-order valence-electron chi connectivity index (χ1n) is 6.46. The van der Waals surface area contributed by atoms with Crippen molar-refractivity contribution in [2.24, 2.45) is 0 Å². The summed E-state index contributed by atoms with van der Waals surface area (Å²) in [6.07, 6.45) is 0. The van der Waals surface area contributed by atoms with Gasteiger partial charge < -0.3 is 10.1 Å². The molecule has 1 N–H and O–H groups in total.